The number of aliphatic hydroxyl groups is 2. The highest BCUT2D eigenvalue weighted by molar-refractivity contribution is 5.94. The van der Waals surface area contributed by atoms with Crippen LogP contribution in [0.3, 0.4) is 0 Å². The monoisotopic (exact) mass is 448 g/mol. The molecule has 2 atom stereocenters. The molecule has 9 heteroatoms. The first kappa shape index (κ1) is 25.5. The van der Waals surface area contributed by atoms with Gasteiger partial charge in [0.15, 0.2) is 5.69 Å². The van der Waals surface area contributed by atoms with Gasteiger partial charge in [-0.2, -0.15) is 5.10 Å². The number of hydrogen-bond donors (Lipinski definition) is 3. The summed E-state index contributed by atoms with van der Waals surface area (Å²) in [6, 6.07) is 5.73. The number of carbonyl (C=O) groups excluding carboxylic acids is 2. The molecule has 1 aromatic heterocycles. The molecule has 32 heavy (non-hydrogen) atoms. The van der Waals surface area contributed by atoms with Crippen molar-refractivity contribution in [2.75, 3.05) is 6.54 Å². The molecule has 0 aliphatic carbocycles. The maximum absolute atomic E-state index is 13.5. The standard InChI is InChI=1S/C23H32FN3O5/c1-4-11-25-23(32)22-21(14(2)3)19(10-9-17(28)12-18(29)13-20(30)31)27(26-22)16-7-5-15(24)6-8-16/h5-8,14,17-18,28-29H,4,9-13H2,1-3H3,(H,25,32)(H,30,31)/p-1/t17-,18-/m1/s1. The van der Waals surface area contributed by atoms with Crippen molar-refractivity contribution >= 4 is 11.9 Å². The summed E-state index contributed by atoms with van der Waals surface area (Å²) in [4.78, 5) is 23.4. The Morgan fingerprint density at radius 2 is 1.84 bits per heavy atom. The fourth-order valence-corrected chi connectivity index (χ4v) is 3.61. The molecule has 0 aliphatic rings. The first-order valence-electron chi connectivity index (χ1n) is 10.9. The van der Waals surface area contributed by atoms with E-state index in [1.165, 1.54) is 12.1 Å². The van der Waals surface area contributed by atoms with E-state index in [1.54, 1.807) is 16.8 Å². The Kier molecular flexibility index (Phi) is 9.34. The van der Waals surface area contributed by atoms with Crippen molar-refractivity contribution in [2.45, 2.75) is 71.0 Å². The van der Waals surface area contributed by atoms with Crippen LogP contribution in [0.1, 0.15) is 74.1 Å². The summed E-state index contributed by atoms with van der Waals surface area (Å²) >= 11 is 0. The van der Waals surface area contributed by atoms with Gasteiger partial charge < -0.3 is 25.4 Å². The number of hydrogen-bond acceptors (Lipinski definition) is 6. The summed E-state index contributed by atoms with van der Waals surface area (Å²) in [5, 5.41) is 38.1. The van der Waals surface area contributed by atoms with Crippen LogP contribution in [-0.2, 0) is 11.2 Å². The average molecular weight is 449 g/mol. The van der Waals surface area contributed by atoms with Crippen molar-refractivity contribution in [1.29, 1.82) is 0 Å². The molecule has 0 saturated carbocycles. The zero-order valence-electron chi connectivity index (χ0n) is 18.7. The van der Waals surface area contributed by atoms with Crippen LogP contribution in [0.25, 0.3) is 5.69 Å². The normalized spacial score (nSPS) is 13.2. The summed E-state index contributed by atoms with van der Waals surface area (Å²) in [6.45, 7) is 6.32. The molecule has 0 spiro atoms. The maximum atomic E-state index is 13.5. The Bertz CT molecular complexity index is 911. The van der Waals surface area contributed by atoms with Crippen molar-refractivity contribution in [3.8, 4) is 5.69 Å². The minimum atomic E-state index is -1.39. The van der Waals surface area contributed by atoms with Crippen LogP contribution < -0.4 is 10.4 Å². The van der Waals surface area contributed by atoms with Gasteiger partial charge in [0.1, 0.15) is 5.82 Å². The number of nitrogens with zero attached hydrogens (tertiary/aromatic N) is 2. The van der Waals surface area contributed by atoms with Crippen LogP contribution in [0.5, 0.6) is 0 Å². The molecule has 0 saturated heterocycles. The third-order valence-corrected chi connectivity index (χ3v) is 5.08. The summed E-state index contributed by atoms with van der Waals surface area (Å²) in [5.74, 6) is -2.14. The number of carbonyl (C=O) groups is 2. The number of nitrogens with one attached hydrogen (secondary N) is 1. The van der Waals surface area contributed by atoms with E-state index >= 15 is 0 Å². The van der Waals surface area contributed by atoms with E-state index in [1.807, 2.05) is 20.8 Å². The van der Waals surface area contributed by atoms with Crippen molar-refractivity contribution in [1.82, 2.24) is 15.1 Å². The van der Waals surface area contributed by atoms with Crippen molar-refractivity contribution in [3.05, 3.63) is 47.0 Å². The van der Waals surface area contributed by atoms with Gasteiger partial charge in [0.05, 0.1) is 17.9 Å². The van der Waals surface area contributed by atoms with Crippen molar-refractivity contribution < 1.29 is 29.3 Å². The van der Waals surface area contributed by atoms with Gasteiger partial charge in [-0.15, -0.1) is 0 Å². The Hall–Kier alpha value is -2.78. The predicted octanol–water partition coefficient (Wildman–Crippen LogP) is 1.46. The average Bonchev–Trinajstić information content (AvgIpc) is 3.10. The molecular formula is C23H31FN3O5-. The number of rotatable bonds is 12. The minimum absolute atomic E-state index is 0.0533. The molecule has 1 heterocycles. The second-order valence-electron chi connectivity index (χ2n) is 8.17. The first-order chi connectivity index (χ1) is 15.1. The zero-order chi connectivity index (χ0) is 23.8. The van der Waals surface area contributed by atoms with Gasteiger partial charge in [-0.3, -0.25) is 4.79 Å². The van der Waals surface area contributed by atoms with Gasteiger partial charge in [0.25, 0.3) is 5.91 Å². The van der Waals surface area contributed by atoms with Crippen LogP contribution in [0.2, 0.25) is 0 Å². The lowest BCUT2D eigenvalue weighted by molar-refractivity contribution is -0.307. The van der Waals surface area contributed by atoms with E-state index < -0.39 is 30.4 Å². The molecule has 2 rings (SSSR count). The molecular weight excluding hydrogens is 417 g/mol. The fraction of sp³-hybridized carbons (Fsp3) is 0.522. The molecule has 0 bridgehead atoms. The van der Waals surface area contributed by atoms with Gasteiger partial charge in [0.2, 0.25) is 0 Å². The number of carboxylic acids is 1. The van der Waals surface area contributed by atoms with Crippen LogP contribution in [0.4, 0.5) is 4.39 Å². The number of benzene rings is 1. The fourth-order valence-electron chi connectivity index (χ4n) is 3.61. The lowest BCUT2D eigenvalue weighted by Crippen LogP contribution is -2.29. The number of carboxylic acid groups (broad SMARTS) is 1. The Balaban J connectivity index is 2.38. The zero-order valence-corrected chi connectivity index (χ0v) is 18.7. The Labute approximate surface area is 187 Å². The highest BCUT2D eigenvalue weighted by Crippen LogP contribution is 2.28. The Morgan fingerprint density at radius 3 is 2.41 bits per heavy atom. The summed E-state index contributed by atoms with van der Waals surface area (Å²) < 4.78 is 15.0. The Morgan fingerprint density at radius 1 is 1.19 bits per heavy atom. The molecule has 8 nitrogen and oxygen atoms in total. The van der Waals surface area contributed by atoms with Crippen molar-refractivity contribution in [3.63, 3.8) is 0 Å². The predicted molar refractivity (Wildman–Crippen MR) is 115 cm³/mol. The van der Waals surface area contributed by atoms with Gasteiger partial charge in [-0.25, -0.2) is 9.07 Å². The van der Waals surface area contributed by atoms with Gasteiger partial charge in [-0.05, 0) is 55.9 Å². The molecule has 0 fully saturated rings. The SMILES string of the molecule is CCCNC(=O)c1nn(-c2ccc(F)cc2)c(CC[C@@H](O)C[C@@H](O)CC(=O)[O-])c1C(C)C. The van der Waals surface area contributed by atoms with Crippen molar-refractivity contribution in [2.24, 2.45) is 0 Å². The number of aliphatic carboxylic acids is 1. The van der Waals surface area contributed by atoms with E-state index in [2.05, 4.69) is 10.4 Å². The van der Waals surface area contributed by atoms with Crippen LogP contribution in [0.15, 0.2) is 24.3 Å². The van der Waals surface area contributed by atoms with Gasteiger partial charge in [-0.1, -0.05) is 20.8 Å². The topological polar surface area (TPSA) is 128 Å². The molecule has 2 aromatic rings. The van der Waals surface area contributed by atoms with E-state index in [0.717, 1.165) is 12.0 Å². The van der Waals surface area contributed by atoms with E-state index in [4.69, 9.17) is 0 Å². The highest BCUT2D eigenvalue weighted by Gasteiger charge is 2.26. The molecule has 0 aliphatic heterocycles. The first-order valence-corrected chi connectivity index (χ1v) is 10.9. The summed E-state index contributed by atoms with van der Waals surface area (Å²) in [5.41, 5.74) is 2.27. The molecule has 1 amide bonds. The number of amides is 1. The number of aliphatic hydroxyl groups excluding tert-OH is 2. The molecule has 0 unspecified atom stereocenters. The highest BCUT2D eigenvalue weighted by atomic mass is 19.1. The molecule has 3 N–H and O–H groups in total. The molecule has 176 valence electrons. The van der Waals surface area contributed by atoms with Gasteiger partial charge >= 0.3 is 0 Å². The second-order valence-corrected chi connectivity index (χ2v) is 8.17. The molecule has 1 aromatic carbocycles. The third kappa shape index (κ3) is 6.86. The van der Waals surface area contributed by atoms with Gasteiger partial charge in [0, 0.05) is 30.2 Å². The number of halogens is 1. The smallest absolute Gasteiger partial charge is 0.272 e. The van der Waals surface area contributed by atoms with E-state index in [9.17, 15) is 29.3 Å². The lowest BCUT2D eigenvalue weighted by Gasteiger charge is -2.17. The summed E-state index contributed by atoms with van der Waals surface area (Å²) in [7, 11) is 0. The summed E-state index contributed by atoms with van der Waals surface area (Å²) in [6.07, 6.45) is -1.53. The minimum Gasteiger partial charge on any atom is -0.550 e. The quantitative estimate of drug-likeness (QED) is 0.451. The number of aromatic nitrogens is 2. The maximum Gasteiger partial charge on any atom is 0.272 e. The third-order valence-electron chi connectivity index (χ3n) is 5.08. The van der Waals surface area contributed by atoms with Crippen LogP contribution >= 0.6 is 0 Å². The van der Waals surface area contributed by atoms with E-state index in [0.29, 0.717) is 24.3 Å². The van der Waals surface area contributed by atoms with E-state index in [-0.39, 0.29) is 30.4 Å². The second kappa shape index (κ2) is 11.7. The lowest BCUT2D eigenvalue weighted by atomic mass is 9.95. The molecule has 0 radical (unpaired) electrons. The van der Waals surface area contributed by atoms with Crippen LogP contribution in [-0.4, -0.2) is 50.6 Å². The largest absolute Gasteiger partial charge is 0.550 e. The van der Waals surface area contributed by atoms with Crippen LogP contribution in [0, 0.1) is 5.82 Å².